The molecule has 5 heteroatoms. The number of nitrogens with one attached hydrogen (secondary N) is 1. The van der Waals surface area contributed by atoms with Gasteiger partial charge in [-0.2, -0.15) is 0 Å². The average Bonchev–Trinajstić information content (AvgIpc) is 2.37. The Bertz CT molecular complexity index is 610. The minimum atomic E-state index is 0.349. The second-order valence-electron chi connectivity index (χ2n) is 4.37. The summed E-state index contributed by atoms with van der Waals surface area (Å²) in [7, 11) is 0. The third kappa shape index (κ3) is 3.26. The van der Waals surface area contributed by atoms with Crippen LogP contribution in [0.15, 0.2) is 30.6 Å². The molecule has 3 N–H and O–H groups in total. The van der Waals surface area contributed by atoms with E-state index < -0.39 is 0 Å². The predicted octanol–water partition coefficient (Wildman–Crippen LogP) is 2.34. The minimum Gasteiger partial charge on any atom is -0.389 e. The normalized spacial score (nSPS) is 10.2. The van der Waals surface area contributed by atoms with Gasteiger partial charge in [0.1, 0.15) is 10.8 Å². The maximum Gasteiger partial charge on any atom is 0.136 e. The number of anilines is 1. The van der Waals surface area contributed by atoms with Crippen LogP contribution in [-0.2, 0) is 6.54 Å². The highest BCUT2D eigenvalue weighted by molar-refractivity contribution is 7.80. The summed E-state index contributed by atoms with van der Waals surface area (Å²) in [6.07, 6.45) is 3.62. The number of nitrogens with zero attached hydrogens (tertiary/aromatic N) is 2. The third-order valence-corrected chi connectivity index (χ3v) is 3.10. The van der Waals surface area contributed by atoms with Crippen molar-refractivity contribution in [1.82, 2.24) is 9.97 Å². The molecule has 0 unspecified atom stereocenters. The lowest BCUT2D eigenvalue weighted by Gasteiger charge is -2.12. The Kier molecular flexibility index (Phi) is 4.06. The Morgan fingerprint density at radius 1 is 1.32 bits per heavy atom. The van der Waals surface area contributed by atoms with Crippen molar-refractivity contribution in [3.8, 4) is 0 Å². The van der Waals surface area contributed by atoms with Crippen LogP contribution in [0, 0.1) is 13.8 Å². The van der Waals surface area contributed by atoms with Crippen LogP contribution < -0.4 is 11.1 Å². The number of nitrogens with two attached hydrogens (primary N) is 1. The molecule has 2 aromatic heterocycles. The second kappa shape index (κ2) is 5.75. The molecule has 0 aliphatic carbocycles. The van der Waals surface area contributed by atoms with E-state index in [4.69, 9.17) is 18.0 Å². The molecule has 2 rings (SSSR count). The molecule has 0 fully saturated rings. The predicted molar refractivity (Wildman–Crippen MR) is 81.2 cm³/mol. The van der Waals surface area contributed by atoms with Crippen LogP contribution in [0.4, 0.5) is 5.82 Å². The van der Waals surface area contributed by atoms with Gasteiger partial charge >= 0.3 is 0 Å². The van der Waals surface area contributed by atoms with E-state index in [1.165, 1.54) is 5.56 Å². The molecule has 4 nitrogen and oxygen atoms in total. The lowest BCUT2D eigenvalue weighted by molar-refractivity contribution is 1.06. The van der Waals surface area contributed by atoms with Gasteiger partial charge in [-0.15, -0.1) is 0 Å². The van der Waals surface area contributed by atoms with Gasteiger partial charge < -0.3 is 11.1 Å². The van der Waals surface area contributed by atoms with Crippen molar-refractivity contribution in [1.29, 1.82) is 0 Å². The van der Waals surface area contributed by atoms with E-state index in [1.54, 1.807) is 6.20 Å². The molecule has 0 radical (unpaired) electrons. The zero-order chi connectivity index (χ0) is 13.8. The Labute approximate surface area is 118 Å². The highest BCUT2D eigenvalue weighted by Crippen LogP contribution is 2.15. The quantitative estimate of drug-likeness (QED) is 0.836. The second-order valence-corrected chi connectivity index (χ2v) is 4.81. The van der Waals surface area contributed by atoms with Crippen LogP contribution >= 0.6 is 12.2 Å². The molecular weight excluding hydrogens is 256 g/mol. The lowest BCUT2D eigenvalue weighted by atomic mass is 10.1. The maximum absolute atomic E-state index is 5.70. The van der Waals surface area contributed by atoms with Crippen LogP contribution in [0.5, 0.6) is 0 Å². The molecule has 0 saturated carbocycles. The summed E-state index contributed by atoms with van der Waals surface area (Å²) in [5.74, 6) is 0.726. The molecule has 0 atom stereocenters. The highest BCUT2D eigenvalue weighted by Gasteiger charge is 2.07. The molecule has 19 heavy (non-hydrogen) atoms. The number of hydrogen-bond donors (Lipinski definition) is 2. The topological polar surface area (TPSA) is 63.8 Å². The van der Waals surface area contributed by atoms with Gasteiger partial charge in [-0.1, -0.05) is 12.2 Å². The van der Waals surface area contributed by atoms with Crippen molar-refractivity contribution in [3.05, 3.63) is 53.0 Å². The summed E-state index contributed by atoms with van der Waals surface area (Å²) < 4.78 is 0. The summed E-state index contributed by atoms with van der Waals surface area (Å²) in [5.41, 5.74) is 9.71. The summed E-state index contributed by atoms with van der Waals surface area (Å²) >= 11 is 5.04. The van der Waals surface area contributed by atoms with Gasteiger partial charge in [0.15, 0.2) is 0 Å². The molecule has 0 aromatic carbocycles. The summed E-state index contributed by atoms with van der Waals surface area (Å²) in [6.45, 7) is 4.63. The molecule has 0 saturated heterocycles. The van der Waals surface area contributed by atoms with Crippen molar-refractivity contribution in [2.45, 2.75) is 20.4 Å². The van der Waals surface area contributed by atoms with Crippen LogP contribution in [0.2, 0.25) is 0 Å². The monoisotopic (exact) mass is 272 g/mol. The van der Waals surface area contributed by atoms with Gasteiger partial charge in [-0.3, -0.25) is 4.98 Å². The van der Waals surface area contributed by atoms with E-state index >= 15 is 0 Å². The number of aryl methyl sites for hydroxylation is 2. The van der Waals surface area contributed by atoms with E-state index in [0.29, 0.717) is 11.5 Å². The van der Waals surface area contributed by atoms with Gasteiger partial charge in [-0.05, 0) is 43.2 Å². The van der Waals surface area contributed by atoms with E-state index in [-0.39, 0.29) is 0 Å². The minimum absolute atomic E-state index is 0.349. The maximum atomic E-state index is 5.70. The molecule has 0 aliphatic heterocycles. The van der Waals surface area contributed by atoms with Crippen LogP contribution in [0.25, 0.3) is 0 Å². The van der Waals surface area contributed by atoms with Gasteiger partial charge in [0.2, 0.25) is 0 Å². The molecular formula is C14H16N4S. The Morgan fingerprint density at radius 3 is 2.79 bits per heavy atom. The van der Waals surface area contributed by atoms with E-state index in [9.17, 15) is 0 Å². The SMILES string of the molecule is Cc1ccc(C(N)=S)c(NCc2ccncc2C)n1. The van der Waals surface area contributed by atoms with E-state index in [0.717, 1.165) is 22.6 Å². The number of hydrogen-bond acceptors (Lipinski definition) is 4. The molecule has 98 valence electrons. The van der Waals surface area contributed by atoms with Gasteiger partial charge in [0.25, 0.3) is 0 Å². The van der Waals surface area contributed by atoms with Crippen molar-refractivity contribution in [2.75, 3.05) is 5.32 Å². The molecule has 2 aromatic rings. The first-order valence-corrected chi connectivity index (χ1v) is 6.39. The zero-order valence-electron chi connectivity index (χ0n) is 11.0. The first-order chi connectivity index (χ1) is 9.08. The van der Waals surface area contributed by atoms with Crippen LogP contribution in [0.3, 0.4) is 0 Å². The molecule has 2 heterocycles. The Morgan fingerprint density at radius 2 is 2.11 bits per heavy atom. The number of pyridine rings is 2. The fourth-order valence-corrected chi connectivity index (χ4v) is 1.93. The number of rotatable bonds is 4. The summed E-state index contributed by atoms with van der Waals surface area (Å²) in [4.78, 5) is 8.87. The fraction of sp³-hybridized carbons (Fsp3) is 0.214. The average molecular weight is 272 g/mol. The van der Waals surface area contributed by atoms with Gasteiger partial charge in [-0.25, -0.2) is 4.98 Å². The summed E-state index contributed by atoms with van der Waals surface area (Å²) in [5, 5.41) is 3.29. The highest BCUT2D eigenvalue weighted by atomic mass is 32.1. The first-order valence-electron chi connectivity index (χ1n) is 5.98. The van der Waals surface area contributed by atoms with Gasteiger partial charge in [0, 0.05) is 24.6 Å². The Hall–Kier alpha value is -2.01. The lowest BCUT2D eigenvalue weighted by Crippen LogP contribution is -2.15. The fourth-order valence-electron chi connectivity index (χ4n) is 1.77. The van der Waals surface area contributed by atoms with E-state index in [1.807, 2.05) is 38.2 Å². The van der Waals surface area contributed by atoms with Crippen molar-refractivity contribution in [2.24, 2.45) is 5.73 Å². The molecule has 0 bridgehead atoms. The Balaban J connectivity index is 2.22. The van der Waals surface area contributed by atoms with Crippen molar-refractivity contribution >= 4 is 23.0 Å². The molecule has 0 amide bonds. The first kappa shape index (κ1) is 13.4. The standard InChI is InChI=1S/C14H16N4S/c1-9-7-16-6-5-11(9)8-17-14-12(13(15)19)4-3-10(2)18-14/h3-7H,8H2,1-2H3,(H2,15,19)(H,17,18). The molecule has 0 spiro atoms. The smallest absolute Gasteiger partial charge is 0.136 e. The largest absolute Gasteiger partial charge is 0.389 e. The van der Waals surface area contributed by atoms with Crippen LogP contribution in [0.1, 0.15) is 22.4 Å². The molecule has 0 aliphatic rings. The van der Waals surface area contributed by atoms with Gasteiger partial charge in [0.05, 0.1) is 5.56 Å². The summed E-state index contributed by atoms with van der Waals surface area (Å²) in [6, 6.07) is 5.78. The number of aromatic nitrogens is 2. The van der Waals surface area contributed by atoms with Crippen molar-refractivity contribution < 1.29 is 0 Å². The van der Waals surface area contributed by atoms with E-state index in [2.05, 4.69) is 15.3 Å². The van der Waals surface area contributed by atoms with Crippen LogP contribution in [-0.4, -0.2) is 15.0 Å². The zero-order valence-corrected chi connectivity index (χ0v) is 11.8. The third-order valence-electron chi connectivity index (χ3n) is 2.88. The van der Waals surface area contributed by atoms with Crippen molar-refractivity contribution in [3.63, 3.8) is 0 Å². The number of thiocarbonyl (C=S) groups is 1.